The Morgan fingerprint density at radius 1 is 1.14 bits per heavy atom. The zero-order valence-corrected chi connectivity index (χ0v) is 9.63. The summed E-state index contributed by atoms with van der Waals surface area (Å²) < 4.78 is 10.4. The summed E-state index contributed by atoms with van der Waals surface area (Å²) in [6, 6.07) is 0. The molecule has 1 atom stereocenters. The molecule has 0 rings (SSSR count). The average Bonchev–Trinajstić information content (AvgIpc) is 2.21. The molecule has 86 valence electrons. The standard InChI is InChI=1S/C11H25NO2/c1-3-5-11(10-12)6-9-14-8-4-7-13-2/h11H,3-10,12H2,1-2H3. The van der Waals surface area contributed by atoms with Crippen molar-refractivity contribution in [2.45, 2.75) is 32.6 Å². The summed E-state index contributed by atoms with van der Waals surface area (Å²) in [7, 11) is 1.71. The van der Waals surface area contributed by atoms with E-state index >= 15 is 0 Å². The monoisotopic (exact) mass is 203 g/mol. The first-order chi connectivity index (χ1) is 6.85. The molecule has 0 heterocycles. The summed E-state index contributed by atoms with van der Waals surface area (Å²) in [6.07, 6.45) is 4.51. The average molecular weight is 203 g/mol. The summed E-state index contributed by atoms with van der Waals surface area (Å²) in [4.78, 5) is 0. The highest BCUT2D eigenvalue weighted by Gasteiger charge is 2.04. The molecule has 3 heteroatoms. The smallest absolute Gasteiger partial charge is 0.0487 e. The number of nitrogens with two attached hydrogens (primary N) is 1. The van der Waals surface area contributed by atoms with Crippen LogP contribution < -0.4 is 5.73 Å². The second-order valence-electron chi connectivity index (χ2n) is 3.64. The molecule has 0 saturated heterocycles. The van der Waals surface area contributed by atoms with E-state index in [1.807, 2.05) is 0 Å². The zero-order valence-electron chi connectivity index (χ0n) is 9.63. The summed E-state index contributed by atoms with van der Waals surface area (Å²) in [6.45, 7) is 5.41. The van der Waals surface area contributed by atoms with Gasteiger partial charge in [0.05, 0.1) is 0 Å². The quantitative estimate of drug-likeness (QED) is 0.551. The van der Waals surface area contributed by atoms with Crippen molar-refractivity contribution in [1.29, 1.82) is 0 Å². The Bertz CT molecular complexity index is 109. The van der Waals surface area contributed by atoms with Crippen LogP contribution in [0.5, 0.6) is 0 Å². The van der Waals surface area contributed by atoms with Gasteiger partial charge < -0.3 is 15.2 Å². The maximum Gasteiger partial charge on any atom is 0.0487 e. The lowest BCUT2D eigenvalue weighted by atomic mass is 10.0. The van der Waals surface area contributed by atoms with E-state index in [4.69, 9.17) is 15.2 Å². The molecule has 3 nitrogen and oxygen atoms in total. The molecule has 0 aromatic carbocycles. The molecule has 0 aliphatic heterocycles. The zero-order chi connectivity index (χ0) is 10.6. The third kappa shape index (κ3) is 8.48. The highest BCUT2D eigenvalue weighted by atomic mass is 16.5. The molecule has 14 heavy (non-hydrogen) atoms. The minimum atomic E-state index is 0.641. The van der Waals surface area contributed by atoms with Crippen molar-refractivity contribution in [3.63, 3.8) is 0 Å². The van der Waals surface area contributed by atoms with E-state index in [1.165, 1.54) is 12.8 Å². The maximum atomic E-state index is 5.65. The Morgan fingerprint density at radius 3 is 2.50 bits per heavy atom. The fourth-order valence-corrected chi connectivity index (χ4v) is 1.45. The van der Waals surface area contributed by atoms with E-state index in [0.717, 1.165) is 39.2 Å². The van der Waals surface area contributed by atoms with Gasteiger partial charge in [0, 0.05) is 26.9 Å². The fourth-order valence-electron chi connectivity index (χ4n) is 1.45. The van der Waals surface area contributed by atoms with Gasteiger partial charge in [0.1, 0.15) is 0 Å². The Hall–Kier alpha value is -0.120. The van der Waals surface area contributed by atoms with Crippen LogP contribution in [0.25, 0.3) is 0 Å². The van der Waals surface area contributed by atoms with Gasteiger partial charge in [0.25, 0.3) is 0 Å². The van der Waals surface area contributed by atoms with Crippen LogP contribution in [-0.2, 0) is 9.47 Å². The SMILES string of the molecule is CCCC(CN)CCOCCCOC. The number of methoxy groups -OCH3 is 1. The van der Waals surface area contributed by atoms with Gasteiger partial charge in [-0.2, -0.15) is 0 Å². The van der Waals surface area contributed by atoms with E-state index in [2.05, 4.69) is 6.92 Å². The van der Waals surface area contributed by atoms with Crippen LogP contribution in [0.2, 0.25) is 0 Å². The molecule has 0 aliphatic carbocycles. The lowest BCUT2D eigenvalue weighted by molar-refractivity contribution is 0.0935. The van der Waals surface area contributed by atoms with Crippen molar-refractivity contribution < 1.29 is 9.47 Å². The van der Waals surface area contributed by atoms with Crippen molar-refractivity contribution >= 4 is 0 Å². The molecule has 2 N–H and O–H groups in total. The third-order valence-corrected chi connectivity index (χ3v) is 2.34. The molecule has 0 radical (unpaired) electrons. The minimum Gasteiger partial charge on any atom is -0.385 e. The van der Waals surface area contributed by atoms with E-state index in [-0.39, 0.29) is 0 Å². The summed E-state index contributed by atoms with van der Waals surface area (Å²) >= 11 is 0. The van der Waals surface area contributed by atoms with Gasteiger partial charge in [-0.25, -0.2) is 0 Å². The van der Waals surface area contributed by atoms with Gasteiger partial charge in [-0.3, -0.25) is 0 Å². The topological polar surface area (TPSA) is 44.5 Å². The second-order valence-corrected chi connectivity index (χ2v) is 3.64. The van der Waals surface area contributed by atoms with Gasteiger partial charge in [0.2, 0.25) is 0 Å². The Balaban J connectivity index is 3.15. The van der Waals surface area contributed by atoms with Crippen LogP contribution >= 0.6 is 0 Å². The maximum absolute atomic E-state index is 5.65. The van der Waals surface area contributed by atoms with Gasteiger partial charge >= 0.3 is 0 Å². The Labute approximate surface area is 88.0 Å². The van der Waals surface area contributed by atoms with E-state index < -0.39 is 0 Å². The lowest BCUT2D eigenvalue weighted by Crippen LogP contribution is -2.16. The molecular weight excluding hydrogens is 178 g/mol. The Morgan fingerprint density at radius 2 is 1.93 bits per heavy atom. The highest BCUT2D eigenvalue weighted by Crippen LogP contribution is 2.09. The molecule has 0 spiro atoms. The van der Waals surface area contributed by atoms with Crippen LogP contribution in [0.4, 0.5) is 0 Å². The van der Waals surface area contributed by atoms with Crippen LogP contribution in [0.1, 0.15) is 32.6 Å². The first kappa shape index (κ1) is 13.9. The number of hydrogen-bond acceptors (Lipinski definition) is 3. The van der Waals surface area contributed by atoms with Crippen LogP contribution in [0.15, 0.2) is 0 Å². The summed E-state index contributed by atoms with van der Waals surface area (Å²) in [5, 5.41) is 0. The van der Waals surface area contributed by atoms with E-state index in [1.54, 1.807) is 7.11 Å². The van der Waals surface area contributed by atoms with Gasteiger partial charge in [-0.15, -0.1) is 0 Å². The lowest BCUT2D eigenvalue weighted by Gasteiger charge is -2.13. The highest BCUT2D eigenvalue weighted by molar-refractivity contribution is 4.58. The number of rotatable bonds is 10. The van der Waals surface area contributed by atoms with Crippen molar-refractivity contribution in [3.05, 3.63) is 0 Å². The molecule has 0 aliphatic rings. The molecule has 0 aromatic rings. The number of hydrogen-bond donors (Lipinski definition) is 1. The van der Waals surface area contributed by atoms with Gasteiger partial charge in [-0.1, -0.05) is 13.3 Å². The van der Waals surface area contributed by atoms with Crippen molar-refractivity contribution in [2.24, 2.45) is 11.7 Å². The molecule has 0 amide bonds. The van der Waals surface area contributed by atoms with Crippen LogP contribution in [0.3, 0.4) is 0 Å². The Kier molecular flexibility index (Phi) is 10.9. The fraction of sp³-hybridized carbons (Fsp3) is 1.00. The first-order valence-electron chi connectivity index (χ1n) is 5.61. The molecule has 0 saturated carbocycles. The van der Waals surface area contributed by atoms with Gasteiger partial charge in [0.15, 0.2) is 0 Å². The third-order valence-electron chi connectivity index (χ3n) is 2.34. The van der Waals surface area contributed by atoms with E-state index in [9.17, 15) is 0 Å². The van der Waals surface area contributed by atoms with E-state index in [0.29, 0.717) is 5.92 Å². The van der Waals surface area contributed by atoms with Gasteiger partial charge in [-0.05, 0) is 31.7 Å². The summed E-state index contributed by atoms with van der Waals surface area (Å²) in [5.74, 6) is 0.641. The van der Waals surface area contributed by atoms with Crippen LogP contribution in [0, 0.1) is 5.92 Å². The molecular formula is C11H25NO2. The minimum absolute atomic E-state index is 0.641. The molecule has 0 bridgehead atoms. The number of ether oxygens (including phenoxy) is 2. The molecule has 1 unspecified atom stereocenters. The summed E-state index contributed by atoms with van der Waals surface area (Å²) in [5.41, 5.74) is 5.65. The molecule has 0 aromatic heterocycles. The normalized spacial score (nSPS) is 13.1. The molecule has 0 fully saturated rings. The first-order valence-corrected chi connectivity index (χ1v) is 5.61. The van der Waals surface area contributed by atoms with Crippen molar-refractivity contribution in [2.75, 3.05) is 33.5 Å². The van der Waals surface area contributed by atoms with Crippen LogP contribution in [-0.4, -0.2) is 33.5 Å². The predicted octanol–water partition coefficient (Wildman–Crippen LogP) is 1.80. The van der Waals surface area contributed by atoms with Crippen molar-refractivity contribution in [3.8, 4) is 0 Å². The predicted molar refractivity (Wildman–Crippen MR) is 59.4 cm³/mol. The second kappa shape index (κ2) is 11.0. The largest absolute Gasteiger partial charge is 0.385 e. The van der Waals surface area contributed by atoms with Crippen molar-refractivity contribution in [1.82, 2.24) is 0 Å².